The van der Waals surface area contributed by atoms with E-state index < -0.39 is 0 Å². The number of halogens is 1. The van der Waals surface area contributed by atoms with Crippen LogP contribution in [-0.4, -0.2) is 49.8 Å². The first kappa shape index (κ1) is 20.5. The number of hydrogen-bond donors (Lipinski definition) is 1. The van der Waals surface area contributed by atoms with Gasteiger partial charge in [0.15, 0.2) is 11.5 Å². The van der Waals surface area contributed by atoms with Crippen LogP contribution in [0.15, 0.2) is 29.6 Å². The van der Waals surface area contributed by atoms with Crippen LogP contribution in [0.2, 0.25) is 5.02 Å². The van der Waals surface area contributed by atoms with E-state index in [2.05, 4.69) is 21.7 Å². The topological polar surface area (TPSA) is 60.0 Å². The van der Waals surface area contributed by atoms with Crippen molar-refractivity contribution in [1.29, 1.82) is 0 Å². The molecule has 6 nitrogen and oxygen atoms in total. The first-order valence-electron chi connectivity index (χ1n) is 9.93. The highest BCUT2D eigenvalue weighted by Gasteiger charge is 2.22. The maximum atomic E-state index is 12.8. The van der Waals surface area contributed by atoms with Gasteiger partial charge < -0.3 is 19.5 Å². The SMILES string of the molecule is O=C(CN(Cc1cccs1)CC1CCCO1)Nc1cc2c(cc1Cl)OCCCO2. The van der Waals surface area contributed by atoms with E-state index in [1.807, 2.05) is 6.07 Å². The van der Waals surface area contributed by atoms with Gasteiger partial charge in [-0.05, 0) is 24.3 Å². The minimum Gasteiger partial charge on any atom is -0.490 e. The van der Waals surface area contributed by atoms with Crippen molar-refractivity contribution in [2.45, 2.75) is 31.9 Å². The summed E-state index contributed by atoms with van der Waals surface area (Å²) >= 11 is 8.06. The number of fused-ring (bicyclic) bond motifs is 1. The average Bonchev–Trinajstić information content (AvgIpc) is 3.34. The molecule has 1 aromatic carbocycles. The predicted octanol–water partition coefficient (Wildman–Crippen LogP) is 4.18. The van der Waals surface area contributed by atoms with Gasteiger partial charge in [-0.15, -0.1) is 11.3 Å². The highest BCUT2D eigenvalue weighted by molar-refractivity contribution is 7.09. The lowest BCUT2D eigenvalue weighted by Crippen LogP contribution is -2.37. The number of rotatable bonds is 7. The van der Waals surface area contributed by atoms with Crippen molar-refractivity contribution in [3.05, 3.63) is 39.5 Å². The number of anilines is 1. The second-order valence-electron chi connectivity index (χ2n) is 7.26. The Bertz CT molecular complexity index is 824. The first-order valence-corrected chi connectivity index (χ1v) is 11.2. The maximum Gasteiger partial charge on any atom is 0.238 e. The maximum absolute atomic E-state index is 12.8. The zero-order chi connectivity index (χ0) is 20.1. The normalized spacial score (nSPS) is 18.6. The number of carbonyl (C=O) groups excluding carboxylic acids is 1. The Morgan fingerprint density at radius 2 is 2.03 bits per heavy atom. The van der Waals surface area contributed by atoms with Crippen LogP contribution in [0.25, 0.3) is 0 Å². The van der Waals surface area contributed by atoms with Gasteiger partial charge in [-0.1, -0.05) is 17.7 Å². The molecule has 1 fully saturated rings. The van der Waals surface area contributed by atoms with Gasteiger partial charge in [-0.3, -0.25) is 9.69 Å². The van der Waals surface area contributed by atoms with Crippen LogP contribution < -0.4 is 14.8 Å². The molecule has 2 aliphatic heterocycles. The minimum absolute atomic E-state index is 0.115. The minimum atomic E-state index is -0.115. The average molecular weight is 437 g/mol. The van der Waals surface area contributed by atoms with Crippen LogP contribution in [0, 0.1) is 0 Å². The standard InChI is InChI=1S/C21H25ClN2O4S/c22-17-10-19-20(28-8-3-7-27-19)11-18(17)23-21(25)14-24(12-15-4-1-6-26-15)13-16-5-2-9-29-16/h2,5,9-11,15H,1,3-4,6-8,12-14H2,(H,23,25). The first-order chi connectivity index (χ1) is 14.2. The highest BCUT2D eigenvalue weighted by atomic mass is 35.5. The summed E-state index contributed by atoms with van der Waals surface area (Å²) in [5.41, 5.74) is 0.536. The second-order valence-corrected chi connectivity index (χ2v) is 8.70. The Hall–Kier alpha value is -1.80. The Kier molecular flexibility index (Phi) is 6.92. The van der Waals surface area contributed by atoms with Crippen molar-refractivity contribution in [3.63, 3.8) is 0 Å². The quantitative estimate of drug-likeness (QED) is 0.705. The molecule has 1 amide bonds. The number of nitrogens with zero attached hydrogens (tertiary/aromatic N) is 1. The molecule has 1 N–H and O–H groups in total. The van der Waals surface area contributed by atoms with Crippen LogP contribution in [-0.2, 0) is 16.1 Å². The van der Waals surface area contributed by atoms with E-state index in [4.69, 9.17) is 25.8 Å². The molecule has 4 rings (SSSR count). The number of carbonyl (C=O) groups is 1. The number of nitrogens with one attached hydrogen (secondary N) is 1. The monoisotopic (exact) mass is 436 g/mol. The lowest BCUT2D eigenvalue weighted by molar-refractivity contribution is -0.117. The molecule has 0 bridgehead atoms. The molecule has 2 aromatic rings. The molecule has 1 aromatic heterocycles. The van der Waals surface area contributed by atoms with Crippen LogP contribution in [0.5, 0.6) is 11.5 Å². The van der Waals surface area contributed by atoms with Crippen molar-refractivity contribution in [3.8, 4) is 11.5 Å². The van der Waals surface area contributed by atoms with Gasteiger partial charge in [0.1, 0.15) is 0 Å². The predicted molar refractivity (Wildman–Crippen MR) is 114 cm³/mol. The fraction of sp³-hybridized carbons (Fsp3) is 0.476. The van der Waals surface area contributed by atoms with Crippen LogP contribution >= 0.6 is 22.9 Å². The molecule has 29 heavy (non-hydrogen) atoms. The number of amides is 1. The van der Waals surface area contributed by atoms with Gasteiger partial charge in [0.05, 0.1) is 36.6 Å². The molecule has 1 saturated heterocycles. The Morgan fingerprint density at radius 1 is 1.21 bits per heavy atom. The summed E-state index contributed by atoms with van der Waals surface area (Å²) in [5.74, 6) is 1.11. The molecule has 0 radical (unpaired) electrons. The van der Waals surface area contributed by atoms with Crippen molar-refractivity contribution >= 4 is 34.5 Å². The summed E-state index contributed by atoms with van der Waals surface area (Å²) in [4.78, 5) is 16.2. The summed E-state index contributed by atoms with van der Waals surface area (Å²) in [6.07, 6.45) is 3.12. The third-order valence-corrected chi connectivity index (χ3v) is 6.10. The molecule has 156 valence electrons. The molecule has 0 aliphatic carbocycles. The third kappa shape index (κ3) is 5.63. The Balaban J connectivity index is 1.42. The van der Waals surface area contributed by atoms with Gasteiger partial charge >= 0.3 is 0 Å². The van der Waals surface area contributed by atoms with Crippen LogP contribution in [0.1, 0.15) is 24.1 Å². The largest absolute Gasteiger partial charge is 0.490 e. The van der Waals surface area contributed by atoms with E-state index in [1.165, 1.54) is 4.88 Å². The summed E-state index contributed by atoms with van der Waals surface area (Å²) in [6.45, 7) is 3.70. The summed E-state index contributed by atoms with van der Waals surface area (Å²) in [5, 5.41) is 5.42. The van der Waals surface area contributed by atoms with Gasteiger partial charge in [-0.25, -0.2) is 0 Å². The van der Waals surface area contributed by atoms with Gasteiger partial charge in [0.25, 0.3) is 0 Å². The fourth-order valence-corrected chi connectivity index (χ4v) is 4.50. The van der Waals surface area contributed by atoms with E-state index in [0.717, 1.165) is 39.0 Å². The van der Waals surface area contributed by atoms with E-state index in [9.17, 15) is 4.79 Å². The molecule has 2 aliphatic rings. The zero-order valence-corrected chi connectivity index (χ0v) is 17.8. The van der Waals surface area contributed by atoms with E-state index in [1.54, 1.807) is 23.5 Å². The van der Waals surface area contributed by atoms with Gasteiger partial charge in [-0.2, -0.15) is 0 Å². The van der Waals surface area contributed by atoms with Crippen molar-refractivity contribution in [2.24, 2.45) is 0 Å². The smallest absolute Gasteiger partial charge is 0.238 e. The van der Waals surface area contributed by atoms with Gasteiger partial charge in [0, 0.05) is 43.1 Å². The zero-order valence-electron chi connectivity index (χ0n) is 16.2. The molecule has 8 heteroatoms. The number of benzene rings is 1. The lowest BCUT2D eigenvalue weighted by Gasteiger charge is -2.24. The second kappa shape index (κ2) is 9.80. The molecule has 3 heterocycles. The van der Waals surface area contributed by atoms with Gasteiger partial charge in [0.2, 0.25) is 5.91 Å². The van der Waals surface area contributed by atoms with E-state index in [-0.39, 0.29) is 18.6 Å². The lowest BCUT2D eigenvalue weighted by atomic mass is 10.2. The summed E-state index contributed by atoms with van der Waals surface area (Å²) < 4.78 is 17.1. The van der Waals surface area contributed by atoms with Crippen molar-refractivity contribution in [1.82, 2.24) is 4.90 Å². The number of thiophene rings is 1. The number of ether oxygens (including phenoxy) is 3. The fourth-order valence-electron chi connectivity index (χ4n) is 3.56. The van der Waals surface area contributed by atoms with E-state index >= 15 is 0 Å². The summed E-state index contributed by atoms with van der Waals surface area (Å²) in [6, 6.07) is 7.56. The molecule has 0 spiro atoms. The molecular weight excluding hydrogens is 412 g/mol. The number of hydrogen-bond acceptors (Lipinski definition) is 6. The van der Waals surface area contributed by atoms with Crippen molar-refractivity contribution in [2.75, 3.05) is 38.2 Å². The van der Waals surface area contributed by atoms with Crippen LogP contribution in [0.3, 0.4) is 0 Å². The molecular formula is C21H25ClN2O4S. The Morgan fingerprint density at radius 3 is 2.76 bits per heavy atom. The Labute approximate surface area is 179 Å². The molecule has 0 saturated carbocycles. The van der Waals surface area contributed by atoms with E-state index in [0.29, 0.717) is 35.4 Å². The van der Waals surface area contributed by atoms with Crippen molar-refractivity contribution < 1.29 is 19.0 Å². The van der Waals surface area contributed by atoms with Crippen LogP contribution in [0.4, 0.5) is 5.69 Å². The molecule has 1 atom stereocenters. The molecule has 1 unspecified atom stereocenters. The third-order valence-electron chi connectivity index (χ3n) is 4.92. The summed E-state index contributed by atoms with van der Waals surface area (Å²) in [7, 11) is 0. The highest BCUT2D eigenvalue weighted by Crippen LogP contribution is 2.37.